The van der Waals surface area contributed by atoms with Gasteiger partial charge in [0, 0.05) is 14.2 Å². The van der Waals surface area contributed by atoms with E-state index < -0.39 is 144 Å². The van der Waals surface area contributed by atoms with Crippen LogP contribution in [0.2, 0.25) is 0 Å². The molecule has 55 heavy (non-hydrogen) atoms. The van der Waals surface area contributed by atoms with E-state index in [1.54, 1.807) is 14.2 Å². The van der Waals surface area contributed by atoms with Gasteiger partial charge in [-0.25, -0.2) is 87.8 Å². The molecule has 0 N–H and O–H groups in total. The maximum absolute atomic E-state index is 15.4. The van der Waals surface area contributed by atoms with Crippen LogP contribution in [0.15, 0.2) is 0 Å². The number of hydrogen-bond donors (Lipinski definition) is 0. The van der Waals surface area contributed by atoms with Crippen molar-refractivity contribution < 1.29 is 155 Å². The molecule has 0 spiro atoms. The van der Waals surface area contributed by atoms with Crippen molar-refractivity contribution in [1.29, 1.82) is 0 Å². The van der Waals surface area contributed by atoms with Crippen molar-refractivity contribution in [2.24, 2.45) is 0 Å². The van der Waals surface area contributed by atoms with Gasteiger partial charge in [-0.05, 0) is 0 Å². The molecule has 0 aliphatic heterocycles. The van der Waals surface area contributed by atoms with Crippen LogP contribution in [-0.4, -0.2) is 46.8 Å². The molecule has 0 amide bonds. The van der Waals surface area contributed by atoms with Gasteiger partial charge in [-0.3, -0.25) is 0 Å². The predicted molar refractivity (Wildman–Crippen MR) is 145 cm³/mol. The van der Waals surface area contributed by atoms with Crippen molar-refractivity contribution in [3.8, 4) is 0 Å². The van der Waals surface area contributed by atoms with E-state index in [1.165, 1.54) is 0 Å². The number of hydrogen-bond acceptors (Lipinski definition) is 3. The molecule has 3 nitrogen and oxygen atoms in total. The third-order valence-electron chi connectivity index (χ3n) is 7.57. The van der Waals surface area contributed by atoms with Gasteiger partial charge in [-0.1, -0.05) is 0 Å². The molecule has 0 saturated heterocycles. The first-order valence-corrected chi connectivity index (χ1v) is 13.9. The molecule has 4 rings (SSSR count). The fraction of sp³-hybridized carbons (Fsp3) is 0.200. The van der Waals surface area contributed by atoms with Gasteiger partial charge in [0.25, 0.3) is 0 Å². The summed E-state index contributed by atoms with van der Waals surface area (Å²) in [6.45, 7) is 2.62. The molecule has 4 aromatic rings. The van der Waals surface area contributed by atoms with E-state index >= 15 is 35.1 Å². The second-order valence-electron chi connectivity index (χ2n) is 10.4. The summed E-state index contributed by atoms with van der Waals surface area (Å²) in [5.74, 6) is -71.4. The van der Waals surface area contributed by atoms with Gasteiger partial charge in [0.1, 0.15) is 52.7 Å². The Morgan fingerprint density at radius 2 is 0.436 bits per heavy atom. The van der Waals surface area contributed by atoms with Crippen LogP contribution in [0, 0.1) is 116 Å². The topological polar surface area (TPSA) is 27.7 Å². The van der Waals surface area contributed by atoms with E-state index in [9.17, 15) is 52.7 Å². The fourth-order valence-electron chi connectivity index (χ4n) is 5.26. The predicted octanol–water partition coefficient (Wildman–Crippen LogP) is 3.26. The number of rotatable bonds is 10. The summed E-state index contributed by atoms with van der Waals surface area (Å²) < 4.78 is 309. The second kappa shape index (κ2) is 19.0. The molecule has 0 fully saturated rings. The molecule has 0 aliphatic carbocycles. The zero-order valence-corrected chi connectivity index (χ0v) is 30.3. The first-order valence-electron chi connectivity index (χ1n) is 13.9. The van der Waals surface area contributed by atoms with Crippen LogP contribution in [-0.2, 0) is 14.2 Å². The van der Waals surface area contributed by atoms with Gasteiger partial charge < -0.3 is 15.6 Å². The van der Waals surface area contributed by atoms with Crippen LogP contribution in [0.25, 0.3) is 0 Å². The van der Waals surface area contributed by atoms with Crippen LogP contribution < -0.4 is 73.2 Å². The number of benzene rings is 4. The summed E-state index contributed by atoms with van der Waals surface area (Å²) in [7, 11) is 3.30. The van der Waals surface area contributed by atoms with Crippen LogP contribution in [0.3, 0.4) is 0 Å². The third-order valence-corrected chi connectivity index (χ3v) is 7.57. The molecule has 4 aromatic carbocycles. The normalized spacial score (nSPS) is 11.5. The Bertz CT molecular complexity index is 1720. The summed E-state index contributed by atoms with van der Waals surface area (Å²) >= 11 is 0. The molecule has 0 aromatic heterocycles. The van der Waals surface area contributed by atoms with Crippen LogP contribution in [0.1, 0.15) is 1.43 Å². The first kappa shape index (κ1) is 48.2. The van der Waals surface area contributed by atoms with Gasteiger partial charge in [-0.2, -0.15) is 0 Å². The third kappa shape index (κ3) is 8.12. The van der Waals surface area contributed by atoms with Crippen LogP contribution in [0.5, 0.6) is 0 Å². The molecule has 25 heteroatoms. The van der Waals surface area contributed by atoms with E-state index in [-0.39, 0.29) is 52.8 Å². The molecule has 0 radical (unpaired) electrons. The molecule has 298 valence electrons. The van der Waals surface area contributed by atoms with Gasteiger partial charge >= 0.3 is 51.4 Å². The standard InChI is InChI=1S/C24BF20.C6H14O3.K.H/c26-5-1(6(27)14(35)21(42)13(5)34)25(2-7(28)15(36)22(43)16(37)8(2)29,3-9(30)17(38)23(44)18(39)10(3)31)4-11(32)19(40)24(45)20(41)12(4)33;1-7-3-5-9-6-4-8-2;;/h;3-6H2,1-2H3;;/q-1;;+1;-1. The van der Waals surface area contributed by atoms with Gasteiger partial charge in [0.15, 0.2) is 69.8 Å². The average Bonchev–Trinajstić information content (AvgIpc) is 3.14. The van der Waals surface area contributed by atoms with Crippen molar-refractivity contribution in [2.75, 3.05) is 40.6 Å². The van der Waals surface area contributed by atoms with Crippen molar-refractivity contribution in [2.45, 2.75) is 0 Å². The van der Waals surface area contributed by atoms with Gasteiger partial charge in [0.05, 0.1) is 26.4 Å². The van der Waals surface area contributed by atoms with Gasteiger partial charge in [0.2, 0.25) is 0 Å². The van der Waals surface area contributed by atoms with E-state index in [4.69, 9.17) is 14.2 Å². The summed E-state index contributed by atoms with van der Waals surface area (Å²) in [5.41, 5.74) is -14.3. The van der Waals surface area contributed by atoms with E-state index in [0.717, 1.165) is 0 Å². The molecule has 0 unspecified atom stereocenters. The Morgan fingerprint density at radius 1 is 0.291 bits per heavy atom. The monoisotopic (exact) mass is 853 g/mol. The largest absolute Gasteiger partial charge is 1.00 e. The maximum atomic E-state index is 15.4. The smallest absolute Gasteiger partial charge is 1.00 e. The Kier molecular flexibility index (Phi) is 16.7. The molecule has 0 heterocycles. The van der Waals surface area contributed by atoms with Crippen LogP contribution >= 0.6 is 0 Å². The van der Waals surface area contributed by atoms with E-state index in [1.807, 2.05) is 0 Å². The molecular formula is C30H15BF20KO3-. The van der Waals surface area contributed by atoms with Crippen molar-refractivity contribution >= 4 is 28.0 Å². The molecule has 0 bridgehead atoms. The minimum Gasteiger partial charge on any atom is -1.00 e. The molecule has 0 saturated carbocycles. The molecule has 0 aliphatic rings. The maximum Gasteiger partial charge on any atom is 1.00 e. The molecule has 0 atom stereocenters. The number of methoxy groups -OCH3 is 2. The fourth-order valence-corrected chi connectivity index (χ4v) is 5.26. The van der Waals surface area contributed by atoms with Crippen molar-refractivity contribution in [3.05, 3.63) is 116 Å². The minimum absolute atomic E-state index is 0. The van der Waals surface area contributed by atoms with Crippen molar-refractivity contribution in [3.63, 3.8) is 0 Å². The van der Waals surface area contributed by atoms with Crippen LogP contribution in [0.4, 0.5) is 87.8 Å². The summed E-state index contributed by atoms with van der Waals surface area (Å²) in [6.07, 6.45) is -7.22. The minimum atomic E-state index is -7.22. The summed E-state index contributed by atoms with van der Waals surface area (Å²) in [6, 6.07) is 0. The quantitative estimate of drug-likeness (QED) is 0.0808. The van der Waals surface area contributed by atoms with Gasteiger partial charge in [-0.15, -0.1) is 21.9 Å². The van der Waals surface area contributed by atoms with E-state index in [0.29, 0.717) is 26.4 Å². The Balaban J connectivity index is 0.00000127. The average molecular weight is 853 g/mol. The number of halogens is 20. The SMILES string of the molecule is COCCOCCOC.Fc1c(F)c(F)c([B-](c2c(F)c(F)c(F)c(F)c2F)(c2c(F)c(F)c(F)c(F)c2F)c2c(F)c(F)c(F)c(F)c2F)c(F)c1F.[H-].[K+]. The summed E-state index contributed by atoms with van der Waals surface area (Å²) in [4.78, 5) is 0. The Morgan fingerprint density at radius 3 is 0.582 bits per heavy atom. The second-order valence-corrected chi connectivity index (χ2v) is 10.4. The Labute approximate surface area is 338 Å². The van der Waals surface area contributed by atoms with E-state index in [2.05, 4.69) is 0 Å². The zero-order chi connectivity index (χ0) is 41.3. The summed E-state index contributed by atoms with van der Waals surface area (Å²) in [5, 5.41) is 0. The Hall–Kier alpha value is -2.94. The van der Waals surface area contributed by atoms with Crippen molar-refractivity contribution in [1.82, 2.24) is 0 Å². The molecular weight excluding hydrogens is 838 g/mol. The number of ether oxygens (including phenoxy) is 3. The zero-order valence-electron chi connectivity index (χ0n) is 28.2. The first-order chi connectivity index (χ1) is 25.1.